The van der Waals surface area contributed by atoms with Crippen LogP contribution in [0.25, 0.3) is 11.0 Å². The molecule has 0 spiro atoms. The van der Waals surface area contributed by atoms with Gasteiger partial charge in [-0.3, -0.25) is 9.36 Å². The van der Waals surface area contributed by atoms with Gasteiger partial charge in [0.05, 0.1) is 17.6 Å². The Morgan fingerprint density at radius 2 is 1.79 bits per heavy atom. The quantitative estimate of drug-likeness (QED) is 0.521. The van der Waals surface area contributed by atoms with Crippen LogP contribution < -0.4 is 11.0 Å². The summed E-state index contributed by atoms with van der Waals surface area (Å²) in [5.41, 5.74) is 3.92. The number of piperidine rings is 1. The van der Waals surface area contributed by atoms with E-state index in [1.54, 1.807) is 12.0 Å². The van der Waals surface area contributed by atoms with Crippen molar-refractivity contribution in [3.8, 4) is 0 Å². The summed E-state index contributed by atoms with van der Waals surface area (Å²) in [6.07, 6.45) is 2.77. The summed E-state index contributed by atoms with van der Waals surface area (Å²) in [6.45, 7) is 4.61. The van der Waals surface area contributed by atoms with Gasteiger partial charge in [0.1, 0.15) is 6.04 Å². The second-order valence-corrected chi connectivity index (χ2v) is 10.5. The maximum Gasteiger partial charge on any atom is 0.326 e. The number of methoxy groups -OCH3 is 1. The van der Waals surface area contributed by atoms with E-state index in [1.165, 1.54) is 5.56 Å². The summed E-state index contributed by atoms with van der Waals surface area (Å²) in [6, 6.07) is 15.4. The molecule has 0 radical (unpaired) electrons. The summed E-state index contributed by atoms with van der Waals surface area (Å²) in [5, 5.41) is 3.04. The van der Waals surface area contributed by atoms with Crippen LogP contribution in [-0.4, -0.2) is 77.2 Å². The smallest absolute Gasteiger partial charge is 0.326 e. The number of H-pyrrole nitrogens is 1. The normalized spacial score (nSPS) is 21.1. The Hall–Kier alpha value is -3.59. The predicted octanol–water partition coefficient (Wildman–Crippen LogP) is 3.41. The molecule has 0 bridgehead atoms. The van der Waals surface area contributed by atoms with Crippen molar-refractivity contribution >= 4 is 23.0 Å². The summed E-state index contributed by atoms with van der Waals surface area (Å²) in [5.74, 6) is 0.164. The zero-order valence-corrected chi connectivity index (χ0v) is 22.2. The van der Waals surface area contributed by atoms with Crippen molar-refractivity contribution in [2.45, 2.75) is 50.6 Å². The molecule has 0 aliphatic carbocycles. The van der Waals surface area contributed by atoms with Crippen molar-refractivity contribution in [3.63, 3.8) is 0 Å². The van der Waals surface area contributed by atoms with E-state index in [1.807, 2.05) is 52.8 Å². The maximum atomic E-state index is 13.4. The number of aromatic amines is 1. The molecule has 1 aromatic heterocycles. The van der Waals surface area contributed by atoms with Crippen molar-refractivity contribution in [1.29, 1.82) is 0 Å². The fourth-order valence-corrected chi connectivity index (χ4v) is 5.92. The number of benzene rings is 2. The van der Waals surface area contributed by atoms with Gasteiger partial charge in [0.25, 0.3) is 0 Å². The van der Waals surface area contributed by atoms with Gasteiger partial charge in [0.2, 0.25) is 5.91 Å². The van der Waals surface area contributed by atoms with Crippen LogP contribution in [0.15, 0.2) is 53.3 Å². The largest absolute Gasteiger partial charge is 0.383 e. The van der Waals surface area contributed by atoms with Gasteiger partial charge in [-0.2, -0.15) is 0 Å². The van der Waals surface area contributed by atoms with Crippen molar-refractivity contribution in [3.05, 3.63) is 70.1 Å². The Labute approximate surface area is 222 Å². The second kappa shape index (κ2) is 11.4. The molecule has 202 valence electrons. The third kappa shape index (κ3) is 5.34. The Balaban J connectivity index is 1.24. The molecule has 2 N–H and O–H groups in total. The van der Waals surface area contributed by atoms with Crippen molar-refractivity contribution in [2.75, 3.05) is 39.9 Å². The summed E-state index contributed by atoms with van der Waals surface area (Å²) < 4.78 is 7.09. The third-order valence-electron chi connectivity index (χ3n) is 8.07. The third-order valence-corrected chi connectivity index (χ3v) is 8.07. The Morgan fingerprint density at radius 1 is 1.03 bits per heavy atom. The van der Waals surface area contributed by atoms with E-state index in [0.29, 0.717) is 52.0 Å². The van der Waals surface area contributed by atoms with E-state index >= 15 is 0 Å². The van der Waals surface area contributed by atoms with Crippen LogP contribution in [0.2, 0.25) is 0 Å². The number of aromatic nitrogens is 2. The van der Waals surface area contributed by atoms with Crippen LogP contribution in [0, 0.1) is 6.92 Å². The van der Waals surface area contributed by atoms with Crippen LogP contribution in [0.1, 0.15) is 48.8 Å². The number of carbonyl (C=O) groups is 2. The number of rotatable bonds is 6. The number of nitrogens with zero attached hydrogens (tertiary/aromatic N) is 3. The molecule has 9 nitrogen and oxygen atoms in total. The Morgan fingerprint density at radius 3 is 2.53 bits per heavy atom. The Kier molecular flexibility index (Phi) is 7.83. The lowest BCUT2D eigenvalue weighted by molar-refractivity contribution is -0.133. The van der Waals surface area contributed by atoms with Crippen LogP contribution in [0.5, 0.6) is 0 Å². The van der Waals surface area contributed by atoms with Gasteiger partial charge in [-0.1, -0.05) is 42.5 Å². The molecule has 3 heterocycles. The molecule has 2 aromatic carbocycles. The Bertz CT molecular complexity index is 1330. The first-order valence-corrected chi connectivity index (χ1v) is 13.5. The van der Waals surface area contributed by atoms with Crippen molar-refractivity contribution in [1.82, 2.24) is 24.7 Å². The lowest BCUT2D eigenvalue weighted by Crippen LogP contribution is -2.53. The molecule has 3 aromatic rings. The highest BCUT2D eigenvalue weighted by molar-refractivity contribution is 5.87. The summed E-state index contributed by atoms with van der Waals surface area (Å²) >= 11 is 0. The molecule has 2 aliphatic rings. The molecule has 1 unspecified atom stereocenters. The number of aryl methyl sites for hydroxylation is 1. The zero-order chi connectivity index (χ0) is 26.6. The molecule has 2 fully saturated rings. The topological polar surface area (TPSA) is 99.7 Å². The minimum absolute atomic E-state index is 0.0257. The number of para-hydroxylation sites is 1. The fourth-order valence-electron chi connectivity index (χ4n) is 5.92. The number of fused-ring (bicyclic) bond motifs is 1. The van der Waals surface area contributed by atoms with Crippen LogP contribution in [0.4, 0.5) is 4.79 Å². The highest BCUT2D eigenvalue weighted by Gasteiger charge is 2.34. The van der Waals surface area contributed by atoms with E-state index in [9.17, 15) is 14.4 Å². The van der Waals surface area contributed by atoms with Gasteiger partial charge in [0.15, 0.2) is 0 Å². The van der Waals surface area contributed by atoms with Gasteiger partial charge >= 0.3 is 11.7 Å². The maximum absolute atomic E-state index is 13.4. The molecule has 0 saturated carbocycles. The van der Waals surface area contributed by atoms with Gasteiger partial charge in [0, 0.05) is 45.2 Å². The number of hydrogen-bond donors (Lipinski definition) is 2. The number of hydrogen-bond acceptors (Lipinski definition) is 4. The standard InChI is InChI=1S/C29H37N5O4/c1-20-7-6-10-25-26(20)31-29(37)34(25)23-13-15-32(16-14-23)28(36)30-24-12-11-22(21-8-4-3-5-9-21)19-33(27(24)35)17-18-38-2/h3-10,22-24H,11-19H2,1-2H3,(H,30,36)(H,31,37)/t22?,24-/m1/s1. The summed E-state index contributed by atoms with van der Waals surface area (Å²) in [7, 11) is 1.63. The van der Waals surface area contributed by atoms with E-state index in [-0.39, 0.29) is 29.6 Å². The predicted molar refractivity (Wildman–Crippen MR) is 146 cm³/mol. The molecule has 2 aliphatic heterocycles. The van der Waals surface area contributed by atoms with Crippen molar-refractivity contribution in [2.24, 2.45) is 0 Å². The minimum atomic E-state index is -0.565. The lowest BCUT2D eigenvalue weighted by Gasteiger charge is -2.34. The zero-order valence-electron chi connectivity index (χ0n) is 22.2. The molecule has 5 rings (SSSR count). The molecule has 3 amide bonds. The van der Waals surface area contributed by atoms with E-state index < -0.39 is 6.04 Å². The van der Waals surface area contributed by atoms with Crippen LogP contribution >= 0.6 is 0 Å². The number of amides is 3. The van der Waals surface area contributed by atoms with Crippen LogP contribution in [-0.2, 0) is 9.53 Å². The van der Waals surface area contributed by atoms with E-state index in [4.69, 9.17) is 4.74 Å². The van der Waals surface area contributed by atoms with E-state index in [0.717, 1.165) is 23.0 Å². The van der Waals surface area contributed by atoms with Crippen LogP contribution in [0.3, 0.4) is 0 Å². The number of likely N-dealkylation sites (tertiary alicyclic amines) is 2. The first-order chi connectivity index (χ1) is 18.5. The van der Waals surface area contributed by atoms with Gasteiger partial charge in [-0.25, -0.2) is 9.59 Å². The molecule has 2 saturated heterocycles. The molecule has 9 heteroatoms. The summed E-state index contributed by atoms with van der Waals surface area (Å²) in [4.78, 5) is 46.0. The van der Waals surface area contributed by atoms with Crippen molar-refractivity contribution < 1.29 is 14.3 Å². The average molecular weight is 520 g/mol. The number of ether oxygens (including phenoxy) is 1. The molecule has 38 heavy (non-hydrogen) atoms. The lowest BCUT2D eigenvalue weighted by atomic mass is 9.94. The first kappa shape index (κ1) is 26.0. The number of carbonyl (C=O) groups excluding carboxylic acids is 2. The van der Waals surface area contributed by atoms with E-state index in [2.05, 4.69) is 22.4 Å². The second-order valence-electron chi connectivity index (χ2n) is 10.5. The number of urea groups is 1. The number of nitrogens with one attached hydrogen (secondary N) is 2. The monoisotopic (exact) mass is 519 g/mol. The minimum Gasteiger partial charge on any atom is -0.383 e. The molecular formula is C29H37N5O4. The van der Waals surface area contributed by atoms with Gasteiger partial charge in [-0.15, -0.1) is 0 Å². The van der Waals surface area contributed by atoms with Gasteiger partial charge in [-0.05, 0) is 49.8 Å². The highest BCUT2D eigenvalue weighted by Crippen LogP contribution is 2.28. The molecule has 2 atom stereocenters. The van der Waals surface area contributed by atoms with Gasteiger partial charge < -0.3 is 24.8 Å². The molecular weight excluding hydrogens is 482 g/mol. The number of imidazole rings is 1. The first-order valence-electron chi connectivity index (χ1n) is 13.5. The fraction of sp³-hybridized carbons (Fsp3) is 0.483. The highest BCUT2D eigenvalue weighted by atomic mass is 16.5. The average Bonchev–Trinajstić information content (AvgIpc) is 3.20. The SMILES string of the molecule is COCCN1CC(c2ccccc2)CC[C@@H](NC(=O)N2CCC(n3c(=O)[nH]c4c(C)cccc43)CC2)C1=O.